The highest BCUT2D eigenvalue weighted by Gasteiger charge is 2.32. The number of aliphatic hydroxyl groups is 1. The second-order valence-electron chi connectivity index (χ2n) is 4.43. The summed E-state index contributed by atoms with van der Waals surface area (Å²) in [4.78, 5) is 11.3. The van der Waals surface area contributed by atoms with E-state index in [2.05, 4.69) is 4.74 Å². The first-order valence-electron chi connectivity index (χ1n) is 5.48. The zero-order valence-electron chi connectivity index (χ0n) is 10.9. The molecule has 1 N–H and O–H groups in total. The van der Waals surface area contributed by atoms with Crippen molar-refractivity contribution in [1.29, 1.82) is 0 Å². The first-order chi connectivity index (χ1) is 8.27. The molecule has 100 valence electrons. The van der Waals surface area contributed by atoms with Crippen LogP contribution in [0.25, 0.3) is 0 Å². The van der Waals surface area contributed by atoms with Gasteiger partial charge in [0.15, 0.2) is 5.60 Å². The molecule has 0 amide bonds. The second-order valence-corrected chi connectivity index (χ2v) is 4.80. The third-order valence-electron chi connectivity index (χ3n) is 2.55. The number of hydrogen-bond acceptors (Lipinski definition) is 4. The topological polar surface area (TPSA) is 55.8 Å². The molecule has 4 nitrogen and oxygen atoms in total. The van der Waals surface area contributed by atoms with Crippen LogP contribution in [0.1, 0.15) is 18.1 Å². The van der Waals surface area contributed by atoms with Crippen molar-refractivity contribution < 1.29 is 19.4 Å². The SMILES string of the molecule is COC(=O)C(C)(O)COc1cc(C)c(Cl)c(C)c1. The lowest BCUT2D eigenvalue weighted by Gasteiger charge is -2.20. The number of hydrogen-bond donors (Lipinski definition) is 1. The Morgan fingerprint density at radius 1 is 1.39 bits per heavy atom. The van der Waals surface area contributed by atoms with Gasteiger partial charge in [-0.1, -0.05) is 11.6 Å². The maximum atomic E-state index is 11.3. The maximum Gasteiger partial charge on any atom is 0.341 e. The zero-order valence-corrected chi connectivity index (χ0v) is 11.7. The normalized spacial score (nSPS) is 13.9. The van der Waals surface area contributed by atoms with E-state index in [1.54, 1.807) is 12.1 Å². The number of rotatable bonds is 4. The Labute approximate surface area is 111 Å². The molecule has 0 spiro atoms. The van der Waals surface area contributed by atoms with E-state index in [1.165, 1.54) is 14.0 Å². The van der Waals surface area contributed by atoms with Crippen molar-refractivity contribution in [3.05, 3.63) is 28.3 Å². The second kappa shape index (κ2) is 5.59. The van der Waals surface area contributed by atoms with Crippen LogP contribution in [0.5, 0.6) is 5.75 Å². The molecule has 0 saturated carbocycles. The van der Waals surface area contributed by atoms with Gasteiger partial charge in [0.1, 0.15) is 12.4 Å². The molecule has 0 heterocycles. The van der Waals surface area contributed by atoms with Crippen LogP contribution in [0.15, 0.2) is 12.1 Å². The summed E-state index contributed by atoms with van der Waals surface area (Å²) in [5.74, 6) is -0.177. The van der Waals surface area contributed by atoms with Gasteiger partial charge >= 0.3 is 5.97 Å². The van der Waals surface area contributed by atoms with Crippen molar-refractivity contribution in [1.82, 2.24) is 0 Å². The number of aryl methyl sites for hydroxylation is 2. The molecule has 0 fully saturated rings. The van der Waals surface area contributed by atoms with E-state index in [0.29, 0.717) is 10.8 Å². The molecule has 0 aromatic heterocycles. The van der Waals surface area contributed by atoms with Crippen LogP contribution >= 0.6 is 11.6 Å². The lowest BCUT2D eigenvalue weighted by molar-refractivity contribution is -0.163. The van der Waals surface area contributed by atoms with E-state index in [9.17, 15) is 9.90 Å². The van der Waals surface area contributed by atoms with E-state index in [4.69, 9.17) is 16.3 Å². The first-order valence-corrected chi connectivity index (χ1v) is 5.86. The van der Waals surface area contributed by atoms with Gasteiger partial charge in [-0.05, 0) is 44.0 Å². The van der Waals surface area contributed by atoms with Gasteiger partial charge in [0.05, 0.1) is 7.11 Å². The highest BCUT2D eigenvalue weighted by molar-refractivity contribution is 6.32. The summed E-state index contributed by atoms with van der Waals surface area (Å²) < 4.78 is 9.88. The molecule has 1 aromatic carbocycles. The van der Waals surface area contributed by atoms with Crippen LogP contribution in [-0.2, 0) is 9.53 Å². The number of carbonyl (C=O) groups excluding carboxylic acids is 1. The zero-order chi connectivity index (χ0) is 13.9. The number of benzene rings is 1. The molecule has 0 bridgehead atoms. The molecule has 0 saturated heterocycles. The van der Waals surface area contributed by atoms with E-state index in [-0.39, 0.29) is 6.61 Å². The Balaban J connectivity index is 2.78. The van der Waals surface area contributed by atoms with Crippen LogP contribution < -0.4 is 4.74 Å². The van der Waals surface area contributed by atoms with Gasteiger partial charge in [0.2, 0.25) is 0 Å². The minimum atomic E-state index is -1.67. The fourth-order valence-electron chi connectivity index (χ4n) is 1.49. The summed E-state index contributed by atoms with van der Waals surface area (Å²) in [6.45, 7) is 4.88. The molecule has 1 rings (SSSR count). The Morgan fingerprint density at radius 2 is 1.89 bits per heavy atom. The van der Waals surface area contributed by atoms with Gasteiger partial charge in [-0.2, -0.15) is 0 Å². The fraction of sp³-hybridized carbons (Fsp3) is 0.462. The van der Waals surface area contributed by atoms with Crippen LogP contribution in [0.4, 0.5) is 0 Å². The van der Waals surface area contributed by atoms with Gasteiger partial charge in [-0.15, -0.1) is 0 Å². The van der Waals surface area contributed by atoms with Crippen molar-refractivity contribution >= 4 is 17.6 Å². The average molecular weight is 273 g/mol. The van der Waals surface area contributed by atoms with Gasteiger partial charge in [-0.3, -0.25) is 0 Å². The molecule has 5 heteroatoms. The largest absolute Gasteiger partial charge is 0.490 e. The Hall–Kier alpha value is -1.26. The van der Waals surface area contributed by atoms with Crippen LogP contribution in [0.2, 0.25) is 5.02 Å². The fourth-order valence-corrected chi connectivity index (χ4v) is 1.60. The predicted octanol–water partition coefficient (Wildman–Crippen LogP) is 2.26. The molecule has 0 aliphatic heterocycles. The lowest BCUT2D eigenvalue weighted by atomic mass is 10.1. The van der Waals surface area contributed by atoms with E-state index >= 15 is 0 Å². The van der Waals surface area contributed by atoms with Gasteiger partial charge < -0.3 is 14.6 Å². The average Bonchev–Trinajstić information content (AvgIpc) is 2.32. The highest BCUT2D eigenvalue weighted by atomic mass is 35.5. The Bertz CT molecular complexity index is 431. The molecule has 0 radical (unpaired) electrons. The summed E-state index contributed by atoms with van der Waals surface area (Å²) in [5, 5.41) is 10.5. The molecule has 1 atom stereocenters. The number of methoxy groups -OCH3 is 1. The molecule has 0 aliphatic carbocycles. The monoisotopic (exact) mass is 272 g/mol. The molecule has 18 heavy (non-hydrogen) atoms. The van der Waals surface area contributed by atoms with Crippen molar-refractivity contribution in [2.24, 2.45) is 0 Å². The number of esters is 1. The summed E-state index contributed by atoms with van der Waals surface area (Å²) in [7, 11) is 1.22. The van der Waals surface area contributed by atoms with Gasteiger partial charge in [0, 0.05) is 5.02 Å². The number of halogens is 1. The Morgan fingerprint density at radius 3 is 2.33 bits per heavy atom. The molecular formula is C13H17ClO4. The summed E-state index contributed by atoms with van der Waals surface area (Å²) in [6, 6.07) is 3.51. The standard InChI is InChI=1S/C13H17ClO4/c1-8-5-10(6-9(2)11(8)14)18-7-13(3,16)12(15)17-4/h5-6,16H,7H2,1-4H3. The molecule has 1 aromatic rings. The third kappa shape index (κ3) is 3.37. The molecule has 1 unspecified atom stereocenters. The lowest BCUT2D eigenvalue weighted by Crippen LogP contribution is -2.42. The van der Waals surface area contributed by atoms with Crippen molar-refractivity contribution in [2.75, 3.05) is 13.7 Å². The van der Waals surface area contributed by atoms with Gasteiger partial charge in [-0.25, -0.2) is 4.79 Å². The first kappa shape index (κ1) is 14.8. The van der Waals surface area contributed by atoms with E-state index < -0.39 is 11.6 Å². The number of ether oxygens (including phenoxy) is 2. The maximum absolute atomic E-state index is 11.3. The quantitative estimate of drug-likeness (QED) is 0.854. The van der Waals surface area contributed by atoms with E-state index in [0.717, 1.165) is 11.1 Å². The summed E-state index contributed by atoms with van der Waals surface area (Å²) >= 11 is 6.03. The number of carbonyl (C=O) groups is 1. The molecular weight excluding hydrogens is 256 g/mol. The Kier molecular flexibility index (Phi) is 4.59. The summed E-state index contributed by atoms with van der Waals surface area (Å²) in [6.07, 6.45) is 0. The molecule has 0 aliphatic rings. The highest BCUT2D eigenvalue weighted by Crippen LogP contribution is 2.26. The predicted molar refractivity (Wildman–Crippen MR) is 69.1 cm³/mol. The van der Waals surface area contributed by atoms with Crippen LogP contribution in [0, 0.1) is 13.8 Å². The van der Waals surface area contributed by atoms with Crippen molar-refractivity contribution in [3.63, 3.8) is 0 Å². The minimum Gasteiger partial charge on any atom is -0.490 e. The summed E-state index contributed by atoms with van der Waals surface area (Å²) in [5.41, 5.74) is 0.0877. The third-order valence-corrected chi connectivity index (χ3v) is 3.15. The van der Waals surface area contributed by atoms with Crippen molar-refractivity contribution in [2.45, 2.75) is 26.4 Å². The minimum absolute atomic E-state index is 0.180. The van der Waals surface area contributed by atoms with Crippen LogP contribution in [0.3, 0.4) is 0 Å². The van der Waals surface area contributed by atoms with Crippen LogP contribution in [-0.4, -0.2) is 30.4 Å². The van der Waals surface area contributed by atoms with Gasteiger partial charge in [0.25, 0.3) is 0 Å². The van der Waals surface area contributed by atoms with E-state index in [1.807, 2.05) is 13.8 Å². The van der Waals surface area contributed by atoms with Crippen molar-refractivity contribution in [3.8, 4) is 5.75 Å². The smallest absolute Gasteiger partial charge is 0.341 e.